The van der Waals surface area contributed by atoms with Gasteiger partial charge in [-0.2, -0.15) is 0 Å². The van der Waals surface area contributed by atoms with E-state index in [2.05, 4.69) is 5.32 Å². The number of halogens is 1. The fourth-order valence-corrected chi connectivity index (χ4v) is 2.82. The van der Waals surface area contributed by atoms with Gasteiger partial charge in [-0.15, -0.1) is 0 Å². The van der Waals surface area contributed by atoms with Crippen LogP contribution in [0.5, 0.6) is 0 Å². The van der Waals surface area contributed by atoms with E-state index in [9.17, 15) is 9.18 Å². The predicted molar refractivity (Wildman–Crippen MR) is 77.5 cm³/mol. The molecule has 0 aliphatic heterocycles. The first-order valence-electron chi connectivity index (χ1n) is 7.28. The Kier molecular flexibility index (Phi) is 4.43. The molecule has 1 aromatic rings. The van der Waals surface area contributed by atoms with Gasteiger partial charge in [0.15, 0.2) is 0 Å². The van der Waals surface area contributed by atoms with E-state index in [-0.39, 0.29) is 23.7 Å². The summed E-state index contributed by atoms with van der Waals surface area (Å²) in [5.74, 6) is -0.138. The van der Waals surface area contributed by atoms with Crippen LogP contribution in [0.4, 0.5) is 4.39 Å². The Balaban J connectivity index is 2.13. The standard InChI is InChI=1S/C16H23FN2O/c1-11(2)14(12-5-7-13(17)8-6-12)19-15(20)16(18)9-3-4-10-16/h5-8,11,14H,3-4,9-10,18H2,1-2H3,(H,19,20). The number of benzene rings is 1. The molecule has 1 atom stereocenters. The van der Waals surface area contributed by atoms with E-state index in [0.29, 0.717) is 0 Å². The Morgan fingerprint density at radius 2 is 1.80 bits per heavy atom. The number of amides is 1. The highest BCUT2D eigenvalue weighted by Gasteiger charge is 2.38. The summed E-state index contributed by atoms with van der Waals surface area (Å²) < 4.78 is 13.0. The first-order valence-corrected chi connectivity index (χ1v) is 7.28. The quantitative estimate of drug-likeness (QED) is 0.889. The minimum Gasteiger partial charge on any atom is -0.347 e. The van der Waals surface area contributed by atoms with Gasteiger partial charge < -0.3 is 11.1 Å². The Bertz CT molecular complexity index is 464. The molecule has 0 heterocycles. The van der Waals surface area contributed by atoms with E-state index in [1.807, 2.05) is 13.8 Å². The van der Waals surface area contributed by atoms with Gasteiger partial charge in [0, 0.05) is 0 Å². The van der Waals surface area contributed by atoms with Crippen LogP contribution in [-0.4, -0.2) is 11.4 Å². The molecule has 1 unspecified atom stereocenters. The molecule has 3 N–H and O–H groups in total. The molecule has 0 radical (unpaired) electrons. The van der Waals surface area contributed by atoms with Gasteiger partial charge in [-0.25, -0.2) is 4.39 Å². The van der Waals surface area contributed by atoms with Crippen molar-refractivity contribution < 1.29 is 9.18 Å². The van der Waals surface area contributed by atoms with Crippen LogP contribution in [0, 0.1) is 11.7 Å². The van der Waals surface area contributed by atoms with Crippen molar-refractivity contribution in [3.8, 4) is 0 Å². The molecular formula is C16H23FN2O. The zero-order valence-electron chi connectivity index (χ0n) is 12.2. The lowest BCUT2D eigenvalue weighted by Crippen LogP contribution is -2.53. The minimum absolute atomic E-state index is 0.0852. The molecule has 3 nitrogen and oxygen atoms in total. The monoisotopic (exact) mass is 278 g/mol. The summed E-state index contributed by atoms with van der Waals surface area (Å²) in [5, 5.41) is 3.05. The van der Waals surface area contributed by atoms with Crippen LogP contribution in [0.2, 0.25) is 0 Å². The van der Waals surface area contributed by atoms with Crippen molar-refractivity contribution in [2.75, 3.05) is 0 Å². The molecule has 1 amide bonds. The molecule has 1 aliphatic rings. The Morgan fingerprint density at radius 1 is 1.25 bits per heavy atom. The third-order valence-corrected chi connectivity index (χ3v) is 4.13. The largest absolute Gasteiger partial charge is 0.347 e. The molecule has 0 spiro atoms. The van der Waals surface area contributed by atoms with E-state index in [4.69, 9.17) is 5.73 Å². The van der Waals surface area contributed by atoms with Gasteiger partial charge in [-0.1, -0.05) is 38.8 Å². The van der Waals surface area contributed by atoms with Crippen LogP contribution in [0.15, 0.2) is 24.3 Å². The molecule has 0 aromatic heterocycles. The van der Waals surface area contributed by atoms with E-state index in [1.54, 1.807) is 12.1 Å². The molecule has 0 saturated heterocycles. The van der Waals surface area contributed by atoms with Crippen LogP contribution in [0.25, 0.3) is 0 Å². The number of rotatable bonds is 4. The fraction of sp³-hybridized carbons (Fsp3) is 0.562. The van der Waals surface area contributed by atoms with Crippen molar-refractivity contribution >= 4 is 5.91 Å². The second-order valence-corrected chi connectivity index (χ2v) is 6.11. The smallest absolute Gasteiger partial charge is 0.240 e. The van der Waals surface area contributed by atoms with Crippen molar-refractivity contribution in [1.29, 1.82) is 0 Å². The van der Waals surface area contributed by atoms with Crippen LogP contribution >= 0.6 is 0 Å². The third kappa shape index (κ3) is 3.18. The van der Waals surface area contributed by atoms with Gasteiger partial charge in [0.2, 0.25) is 5.91 Å². The van der Waals surface area contributed by atoms with Crippen LogP contribution < -0.4 is 11.1 Å². The summed E-state index contributed by atoms with van der Waals surface area (Å²) in [6.07, 6.45) is 3.50. The van der Waals surface area contributed by atoms with E-state index in [1.165, 1.54) is 12.1 Å². The summed E-state index contributed by atoms with van der Waals surface area (Å²) in [7, 11) is 0. The molecular weight excluding hydrogens is 255 g/mol. The lowest BCUT2D eigenvalue weighted by molar-refractivity contribution is -0.127. The van der Waals surface area contributed by atoms with Gasteiger partial charge >= 0.3 is 0 Å². The minimum atomic E-state index is -0.729. The molecule has 1 saturated carbocycles. The van der Waals surface area contributed by atoms with Crippen LogP contribution in [-0.2, 0) is 4.79 Å². The third-order valence-electron chi connectivity index (χ3n) is 4.13. The highest BCUT2D eigenvalue weighted by molar-refractivity contribution is 5.86. The zero-order valence-corrected chi connectivity index (χ0v) is 12.2. The number of hydrogen-bond acceptors (Lipinski definition) is 2. The fourth-order valence-electron chi connectivity index (χ4n) is 2.82. The number of nitrogens with one attached hydrogen (secondary N) is 1. The van der Waals surface area contributed by atoms with E-state index >= 15 is 0 Å². The first-order chi connectivity index (χ1) is 9.42. The number of nitrogens with two attached hydrogens (primary N) is 1. The summed E-state index contributed by atoms with van der Waals surface area (Å²) in [6, 6.07) is 6.15. The topological polar surface area (TPSA) is 55.1 Å². The molecule has 0 bridgehead atoms. The Labute approximate surface area is 119 Å². The average Bonchev–Trinajstić information content (AvgIpc) is 2.85. The average molecular weight is 278 g/mol. The zero-order chi connectivity index (χ0) is 14.8. The van der Waals surface area contributed by atoms with Crippen LogP contribution in [0.1, 0.15) is 51.1 Å². The highest BCUT2D eigenvalue weighted by Crippen LogP contribution is 2.29. The number of carbonyl (C=O) groups excluding carboxylic acids is 1. The lowest BCUT2D eigenvalue weighted by Gasteiger charge is -2.29. The summed E-state index contributed by atoms with van der Waals surface area (Å²) in [6.45, 7) is 4.07. The molecule has 20 heavy (non-hydrogen) atoms. The van der Waals surface area contributed by atoms with Gasteiger partial charge in [0.05, 0.1) is 11.6 Å². The van der Waals surface area contributed by atoms with Gasteiger partial charge in [-0.05, 0) is 36.5 Å². The Morgan fingerprint density at radius 3 is 2.30 bits per heavy atom. The predicted octanol–water partition coefficient (Wildman–Crippen LogP) is 2.91. The Hall–Kier alpha value is -1.42. The van der Waals surface area contributed by atoms with Crippen LogP contribution in [0.3, 0.4) is 0 Å². The van der Waals surface area contributed by atoms with Crippen molar-refractivity contribution in [1.82, 2.24) is 5.32 Å². The maximum atomic E-state index is 13.0. The highest BCUT2D eigenvalue weighted by atomic mass is 19.1. The molecule has 1 fully saturated rings. The number of carbonyl (C=O) groups is 1. The first kappa shape index (κ1) is 15.0. The summed E-state index contributed by atoms with van der Waals surface area (Å²) in [5.41, 5.74) is 6.37. The maximum absolute atomic E-state index is 13.0. The maximum Gasteiger partial charge on any atom is 0.240 e. The van der Waals surface area contributed by atoms with Gasteiger partial charge in [-0.3, -0.25) is 4.79 Å². The second kappa shape index (κ2) is 5.92. The summed E-state index contributed by atoms with van der Waals surface area (Å²) >= 11 is 0. The molecule has 4 heteroatoms. The van der Waals surface area contributed by atoms with Gasteiger partial charge in [0.25, 0.3) is 0 Å². The van der Waals surface area contributed by atoms with Crippen molar-refractivity contribution in [2.24, 2.45) is 11.7 Å². The normalized spacial score (nSPS) is 19.1. The second-order valence-electron chi connectivity index (χ2n) is 6.11. The number of hydrogen-bond donors (Lipinski definition) is 2. The van der Waals surface area contributed by atoms with E-state index < -0.39 is 5.54 Å². The summed E-state index contributed by atoms with van der Waals surface area (Å²) in [4.78, 5) is 12.4. The SMILES string of the molecule is CC(C)C(NC(=O)C1(N)CCCC1)c1ccc(F)cc1. The van der Waals surface area contributed by atoms with Crippen molar-refractivity contribution in [3.05, 3.63) is 35.6 Å². The lowest BCUT2D eigenvalue weighted by atomic mass is 9.92. The molecule has 2 rings (SSSR count). The molecule has 1 aliphatic carbocycles. The van der Waals surface area contributed by atoms with Gasteiger partial charge in [0.1, 0.15) is 5.82 Å². The van der Waals surface area contributed by atoms with Crippen molar-refractivity contribution in [3.63, 3.8) is 0 Å². The van der Waals surface area contributed by atoms with Crippen molar-refractivity contribution in [2.45, 2.75) is 51.1 Å². The molecule has 1 aromatic carbocycles. The van der Waals surface area contributed by atoms with E-state index in [0.717, 1.165) is 31.2 Å². The molecule has 110 valence electrons.